The van der Waals surface area contributed by atoms with Crippen LogP contribution in [0.1, 0.15) is 90.0 Å². The van der Waals surface area contributed by atoms with Crippen LogP contribution in [0.2, 0.25) is 0 Å². The van der Waals surface area contributed by atoms with Gasteiger partial charge in [0.05, 0.1) is 31.6 Å². The highest BCUT2D eigenvalue weighted by atomic mass is 79.9. The molecule has 1 atom stereocenters. The van der Waals surface area contributed by atoms with Gasteiger partial charge in [-0.15, -0.1) is 0 Å². The van der Waals surface area contributed by atoms with Crippen molar-refractivity contribution >= 4 is 26.0 Å². The minimum absolute atomic E-state index is 0.178. The average Bonchev–Trinajstić information content (AvgIpc) is 2.71. The zero-order chi connectivity index (χ0) is 23.6. The molecule has 0 spiro atoms. The molecule has 0 amide bonds. The molecule has 1 unspecified atom stereocenters. The van der Waals surface area contributed by atoms with Gasteiger partial charge < -0.3 is 9.04 Å². The fourth-order valence-corrected chi connectivity index (χ4v) is 4.51. The number of aryl methyl sites for hydroxylation is 1. The summed E-state index contributed by atoms with van der Waals surface area (Å²) in [7, 11) is -1.77. The van der Waals surface area contributed by atoms with Gasteiger partial charge in [-0.1, -0.05) is 79.6 Å². The van der Waals surface area contributed by atoms with Crippen LogP contribution in [0.25, 0.3) is 0 Å². The predicted octanol–water partition coefficient (Wildman–Crippen LogP) is 7.06. The van der Waals surface area contributed by atoms with E-state index in [-0.39, 0.29) is 4.90 Å². The van der Waals surface area contributed by atoms with Crippen molar-refractivity contribution in [3.63, 3.8) is 0 Å². The van der Waals surface area contributed by atoms with Crippen LogP contribution < -0.4 is 0 Å². The van der Waals surface area contributed by atoms with E-state index in [1.165, 1.54) is 112 Å². The van der Waals surface area contributed by atoms with Crippen LogP contribution in [0.4, 0.5) is 0 Å². The van der Waals surface area contributed by atoms with Gasteiger partial charge in [-0.25, -0.2) is 8.42 Å². The molecule has 4 nitrogen and oxygen atoms in total. The predicted molar refractivity (Wildman–Crippen MR) is 136 cm³/mol. The lowest BCUT2D eigenvalue weighted by molar-refractivity contribution is -0.910. The summed E-state index contributed by atoms with van der Waals surface area (Å²) < 4.78 is 32.5. The first-order valence-electron chi connectivity index (χ1n) is 12.1. The Kier molecular flexibility index (Phi) is 17.8. The van der Waals surface area contributed by atoms with Crippen molar-refractivity contribution in [1.82, 2.24) is 0 Å². The Morgan fingerprint density at radius 2 is 1.19 bits per heavy atom. The summed E-state index contributed by atoms with van der Waals surface area (Å²) in [4.78, 5) is -0.178. The third-order valence-corrected chi connectivity index (χ3v) is 7.15. The van der Waals surface area contributed by atoms with Gasteiger partial charge in [0.15, 0.2) is 0 Å². The molecule has 0 aliphatic heterocycles. The molecule has 0 fully saturated rings. The topological polar surface area (TPSA) is 57.2 Å². The Bertz CT molecular complexity index is 637. The van der Waals surface area contributed by atoms with Crippen LogP contribution in [0, 0.1) is 6.92 Å². The lowest BCUT2D eigenvalue weighted by atomic mass is 10.1. The van der Waals surface area contributed by atoms with Crippen LogP contribution in [-0.4, -0.2) is 49.5 Å². The number of quaternary nitrogens is 1. The highest BCUT2D eigenvalue weighted by molar-refractivity contribution is 9.09. The molecule has 0 bridgehead atoms. The Hall–Kier alpha value is -0.430. The third kappa shape index (κ3) is 16.8. The summed E-state index contributed by atoms with van der Waals surface area (Å²) in [6.45, 7) is 10.6. The lowest BCUT2D eigenvalue weighted by Crippen LogP contribution is -2.46. The Balaban J connectivity index is 0.000000683. The van der Waals surface area contributed by atoms with E-state index < -0.39 is 10.1 Å². The molecule has 1 aromatic rings. The SMILES string of the molecule is CCCCCCCC[N+](C)(CCCCC)CCCCBr.Cc1ccc(S(=O)(=O)[O-])cc1. The summed E-state index contributed by atoms with van der Waals surface area (Å²) in [5.41, 5.74) is 0.928. The Morgan fingerprint density at radius 1 is 0.774 bits per heavy atom. The zero-order valence-electron chi connectivity index (χ0n) is 20.4. The summed E-state index contributed by atoms with van der Waals surface area (Å²) in [6.07, 6.45) is 15.4. The van der Waals surface area contributed by atoms with Crippen LogP contribution in [-0.2, 0) is 10.1 Å². The van der Waals surface area contributed by atoms with Gasteiger partial charge in [-0.3, -0.25) is 0 Å². The molecule has 0 aromatic heterocycles. The van der Waals surface area contributed by atoms with Gasteiger partial charge >= 0.3 is 0 Å². The highest BCUT2D eigenvalue weighted by Gasteiger charge is 2.19. The minimum atomic E-state index is -4.27. The second-order valence-electron chi connectivity index (χ2n) is 8.93. The molecule has 0 N–H and O–H groups in total. The fraction of sp³-hybridized carbons (Fsp3) is 0.760. The van der Waals surface area contributed by atoms with Gasteiger partial charge in [0, 0.05) is 5.33 Å². The van der Waals surface area contributed by atoms with Crippen molar-refractivity contribution in [3.8, 4) is 0 Å². The quantitative estimate of drug-likeness (QED) is 0.101. The molecular weight excluding hydrogens is 474 g/mol. The van der Waals surface area contributed by atoms with E-state index in [1.54, 1.807) is 12.1 Å². The van der Waals surface area contributed by atoms with E-state index in [0.29, 0.717) is 0 Å². The van der Waals surface area contributed by atoms with Crippen molar-refractivity contribution in [2.45, 2.75) is 96.3 Å². The van der Waals surface area contributed by atoms with E-state index in [4.69, 9.17) is 0 Å². The number of rotatable bonds is 16. The fourth-order valence-electron chi connectivity index (χ4n) is 3.65. The normalized spacial score (nSPS) is 13.4. The van der Waals surface area contributed by atoms with Crippen molar-refractivity contribution in [2.24, 2.45) is 0 Å². The summed E-state index contributed by atoms with van der Waals surface area (Å²) >= 11 is 3.56. The number of hydrogen-bond donors (Lipinski definition) is 0. The summed E-state index contributed by atoms with van der Waals surface area (Å²) in [5.74, 6) is 0. The minimum Gasteiger partial charge on any atom is -0.744 e. The monoisotopic (exact) mass is 519 g/mol. The standard InChI is InChI=1S/C18H39BrN.C7H8O3S/c1-4-6-8-9-10-13-17-20(3,16-12-7-5-2)18-14-11-15-19;1-6-2-4-7(5-3-6)11(8,9)10/h4-18H2,1-3H3;2-5H,1H3,(H,8,9,10)/q+1;/p-1. The molecule has 182 valence electrons. The van der Waals surface area contributed by atoms with Crippen molar-refractivity contribution in [3.05, 3.63) is 29.8 Å². The van der Waals surface area contributed by atoms with E-state index in [2.05, 4.69) is 36.8 Å². The number of halogens is 1. The van der Waals surface area contributed by atoms with Gasteiger partial charge in [0.2, 0.25) is 0 Å². The molecule has 0 aliphatic rings. The molecule has 1 aromatic carbocycles. The maximum atomic E-state index is 10.4. The van der Waals surface area contributed by atoms with Crippen LogP contribution in [0.3, 0.4) is 0 Å². The van der Waals surface area contributed by atoms with Gasteiger partial charge in [0.1, 0.15) is 10.1 Å². The summed E-state index contributed by atoms with van der Waals surface area (Å²) in [6, 6.07) is 5.78. The molecule has 31 heavy (non-hydrogen) atoms. The van der Waals surface area contributed by atoms with Gasteiger partial charge in [-0.05, 0) is 57.6 Å². The molecule has 1 rings (SSSR count). The zero-order valence-corrected chi connectivity index (χ0v) is 22.8. The number of hydrogen-bond acceptors (Lipinski definition) is 3. The first kappa shape index (κ1) is 30.6. The summed E-state index contributed by atoms with van der Waals surface area (Å²) in [5, 5.41) is 1.17. The van der Waals surface area contributed by atoms with Crippen molar-refractivity contribution in [2.75, 3.05) is 32.0 Å². The molecule has 0 radical (unpaired) electrons. The molecular formula is C25H46BrNO3S. The smallest absolute Gasteiger partial charge is 0.124 e. The first-order valence-corrected chi connectivity index (χ1v) is 14.6. The second-order valence-corrected chi connectivity index (χ2v) is 11.1. The van der Waals surface area contributed by atoms with Gasteiger partial charge in [0.25, 0.3) is 0 Å². The number of unbranched alkanes of at least 4 members (excludes halogenated alkanes) is 8. The largest absolute Gasteiger partial charge is 0.744 e. The first-order chi connectivity index (χ1) is 14.7. The number of benzene rings is 1. The van der Waals surface area contributed by atoms with E-state index in [1.807, 2.05) is 6.92 Å². The van der Waals surface area contributed by atoms with E-state index in [0.717, 1.165) is 5.56 Å². The Morgan fingerprint density at radius 3 is 1.68 bits per heavy atom. The van der Waals surface area contributed by atoms with Crippen LogP contribution >= 0.6 is 15.9 Å². The van der Waals surface area contributed by atoms with Crippen molar-refractivity contribution < 1.29 is 17.5 Å². The molecule has 0 heterocycles. The van der Waals surface area contributed by atoms with Crippen LogP contribution in [0.15, 0.2) is 29.2 Å². The lowest BCUT2D eigenvalue weighted by Gasteiger charge is -2.35. The maximum absolute atomic E-state index is 10.4. The van der Waals surface area contributed by atoms with Crippen molar-refractivity contribution in [1.29, 1.82) is 0 Å². The molecule has 0 saturated heterocycles. The molecule has 6 heteroatoms. The van der Waals surface area contributed by atoms with E-state index >= 15 is 0 Å². The molecule has 0 aliphatic carbocycles. The van der Waals surface area contributed by atoms with Gasteiger partial charge in [-0.2, -0.15) is 0 Å². The number of nitrogens with zero attached hydrogens (tertiary/aromatic N) is 1. The number of alkyl halides is 1. The Labute approximate surface area is 201 Å². The highest BCUT2D eigenvalue weighted by Crippen LogP contribution is 2.14. The van der Waals surface area contributed by atoms with E-state index in [9.17, 15) is 13.0 Å². The second kappa shape index (κ2) is 18.0. The molecule has 0 saturated carbocycles. The van der Waals surface area contributed by atoms with Crippen LogP contribution in [0.5, 0.6) is 0 Å². The third-order valence-electron chi connectivity index (χ3n) is 5.74. The average molecular weight is 521 g/mol. The maximum Gasteiger partial charge on any atom is 0.124 e.